The molecule has 0 unspecified atom stereocenters. The third-order valence-corrected chi connectivity index (χ3v) is 2.70. The molecule has 2 nitrogen and oxygen atoms in total. The second-order valence-electron chi connectivity index (χ2n) is 3.10. The number of phenols is 1. The largest absolute Gasteiger partial charge is 0.508 e. The Labute approximate surface area is 90.3 Å². The van der Waals surface area contributed by atoms with Crippen LogP contribution in [0.5, 0.6) is 5.75 Å². The second-order valence-corrected chi connectivity index (χ2v) is 3.95. The van der Waals surface area contributed by atoms with Crippen molar-refractivity contribution < 1.29 is 9.52 Å². The van der Waals surface area contributed by atoms with Crippen LogP contribution in [0.15, 0.2) is 39.4 Å². The number of aryl methyl sites for hydroxylation is 1. The number of benzene rings is 1. The molecule has 3 heteroatoms. The molecule has 2 rings (SSSR count). The molecule has 14 heavy (non-hydrogen) atoms. The van der Waals surface area contributed by atoms with Crippen molar-refractivity contribution in [1.82, 2.24) is 0 Å². The lowest BCUT2D eigenvalue weighted by molar-refractivity contribution is 0.471. The van der Waals surface area contributed by atoms with Gasteiger partial charge in [0.1, 0.15) is 11.5 Å². The van der Waals surface area contributed by atoms with Crippen molar-refractivity contribution in [1.29, 1.82) is 0 Å². The van der Waals surface area contributed by atoms with E-state index >= 15 is 0 Å². The maximum Gasteiger partial charge on any atom is 0.148 e. The molecule has 1 aromatic carbocycles. The minimum atomic E-state index is 0.302. The monoisotopic (exact) mass is 252 g/mol. The lowest BCUT2D eigenvalue weighted by atomic mass is 10.1. The molecule has 2 aromatic rings. The van der Waals surface area contributed by atoms with Crippen LogP contribution in [0.3, 0.4) is 0 Å². The molecule has 0 amide bonds. The highest BCUT2D eigenvalue weighted by Crippen LogP contribution is 2.31. The fraction of sp³-hybridized carbons (Fsp3) is 0.0909. The number of phenolic OH excluding ortho intramolecular Hbond substituents is 1. The molecule has 0 aliphatic heterocycles. The van der Waals surface area contributed by atoms with Crippen molar-refractivity contribution >= 4 is 15.9 Å². The Hall–Kier alpha value is -1.22. The average molecular weight is 253 g/mol. The number of aromatic hydroxyl groups is 1. The summed E-state index contributed by atoms with van der Waals surface area (Å²) in [6.45, 7) is 1.86. The summed E-state index contributed by atoms with van der Waals surface area (Å²) in [5.41, 5.74) is 1.79. The van der Waals surface area contributed by atoms with Gasteiger partial charge in [0.25, 0.3) is 0 Å². The van der Waals surface area contributed by atoms with Crippen molar-refractivity contribution in [3.8, 4) is 17.1 Å². The van der Waals surface area contributed by atoms with E-state index in [-0.39, 0.29) is 0 Å². The van der Waals surface area contributed by atoms with Crippen molar-refractivity contribution in [2.75, 3.05) is 0 Å². The van der Waals surface area contributed by atoms with Crippen molar-refractivity contribution in [2.45, 2.75) is 6.92 Å². The SMILES string of the molecule is Cc1cc(-c2occc2Br)ccc1O. The molecule has 0 radical (unpaired) electrons. The molecule has 1 N–H and O–H groups in total. The smallest absolute Gasteiger partial charge is 0.148 e. The number of hydrogen-bond donors (Lipinski definition) is 1. The molecule has 0 spiro atoms. The highest BCUT2D eigenvalue weighted by molar-refractivity contribution is 9.10. The molecule has 1 heterocycles. The Morgan fingerprint density at radius 3 is 2.64 bits per heavy atom. The van der Waals surface area contributed by atoms with Crippen molar-refractivity contribution in [2.24, 2.45) is 0 Å². The number of hydrogen-bond acceptors (Lipinski definition) is 2. The van der Waals surface area contributed by atoms with Gasteiger partial charge < -0.3 is 9.52 Å². The molecule has 0 saturated heterocycles. The van der Waals surface area contributed by atoms with Gasteiger partial charge in [-0.15, -0.1) is 0 Å². The predicted molar refractivity (Wildman–Crippen MR) is 58.2 cm³/mol. The summed E-state index contributed by atoms with van der Waals surface area (Å²) >= 11 is 3.39. The van der Waals surface area contributed by atoms with E-state index in [2.05, 4.69) is 15.9 Å². The Morgan fingerprint density at radius 2 is 2.07 bits per heavy atom. The number of rotatable bonds is 1. The lowest BCUT2D eigenvalue weighted by Crippen LogP contribution is -1.78. The van der Waals surface area contributed by atoms with Gasteiger partial charge in [0.05, 0.1) is 10.7 Å². The maximum atomic E-state index is 9.37. The molecule has 0 aliphatic rings. The highest BCUT2D eigenvalue weighted by Gasteiger charge is 2.07. The Balaban J connectivity index is 2.53. The van der Waals surface area contributed by atoms with Gasteiger partial charge in [-0.3, -0.25) is 0 Å². The van der Waals surface area contributed by atoms with Crippen LogP contribution in [-0.4, -0.2) is 5.11 Å². The minimum Gasteiger partial charge on any atom is -0.508 e. The number of furan rings is 1. The lowest BCUT2D eigenvalue weighted by Gasteiger charge is -2.01. The summed E-state index contributed by atoms with van der Waals surface area (Å²) in [4.78, 5) is 0. The second kappa shape index (κ2) is 3.50. The van der Waals surface area contributed by atoms with Crippen molar-refractivity contribution in [3.05, 3.63) is 40.6 Å². The Bertz CT molecular complexity index is 460. The van der Waals surface area contributed by atoms with Gasteiger partial charge in [-0.25, -0.2) is 0 Å². The van der Waals surface area contributed by atoms with Gasteiger partial charge in [0, 0.05) is 5.56 Å². The molecule has 0 fully saturated rings. The predicted octanol–water partition coefficient (Wildman–Crippen LogP) is 3.72. The minimum absolute atomic E-state index is 0.302. The highest BCUT2D eigenvalue weighted by atomic mass is 79.9. The van der Waals surface area contributed by atoms with Crippen LogP contribution in [0.2, 0.25) is 0 Å². The summed E-state index contributed by atoms with van der Waals surface area (Å²) in [6.07, 6.45) is 1.63. The Morgan fingerprint density at radius 1 is 1.29 bits per heavy atom. The fourth-order valence-corrected chi connectivity index (χ4v) is 1.73. The number of halogens is 1. The van der Waals surface area contributed by atoms with Gasteiger partial charge >= 0.3 is 0 Å². The summed E-state index contributed by atoms with van der Waals surface area (Å²) in [5, 5.41) is 9.37. The van der Waals surface area contributed by atoms with Crippen LogP contribution < -0.4 is 0 Å². The van der Waals surface area contributed by atoms with E-state index in [1.54, 1.807) is 12.3 Å². The zero-order valence-corrected chi connectivity index (χ0v) is 9.21. The topological polar surface area (TPSA) is 33.4 Å². The molecule has 72 valence electrons. The van der Waals surface area contributed by atoms with E-state index in [4.69, 9.17) is 4.42 Å². The molecule has 0 aliphatic carbocycles. The van der Waals surface area contributed by atoms with E-state index in [1.807, 2.05) is 25.1 Å². The van der Waals surface area contributed by atoms with Gasteiger partial charge in [-0.05, 0) is 52.7 Å². The average Bonchev–Trinajstić information content (AvgIpc) is 2.57. The molecule has 1 aromatic heterocycles. The van der Waals surface area contributed by atoms with Crippen LogP contribution >= 0.6 is 15.9 Å². The quantitative estimate of drug-likeness (QED) is 0.840. The first-order valence-electron chi connectivity index (χ1n) is 4.21. The standard InChI is InChI=1S/C11H9BrO2/c1-7-6-8(2-3-10(7)13)11-9(12)4-5-14-11/h2-6,13H,1H3. The maximum absolute atomic E-state index is 9.37. The normalized spacial score (nSPS) is 10.4. The Kier molecular flexibility index (Phi) is 2.33. The van der Waals surface area contributed by atoms with E-state index in [1.165, 1.54) is 0 Å². The third kappa shape index (κ3) is 1.55. The van der Waals surface area contributed by atoms with Gasteiger partial charge in [-0.2, -0.15) is 0 Å². The van der Waals surface area contributed by atoms with E-state index < -0.39 is 0 Å². The van der Waals surface area contributed by atoms with Crippen LogP contribution in [0.25, 0.3) is 11.3 Å². The molecule has 0 saturated carbocycles. The molecular formula is C11H9BrO2. The fourth-order valence-electron chi connectivity index (χ4n) is 1.30. The van der Waals surface area contributed by atoms with Gasteiger partial charge in [0.2, 0.25) is 0 Å². The molecule has 0 atom stereocenters. The molecule has 0 bridgehead atoms. The molecular weight excluding hydrogens is 244 g/mol. The van der Waals surface area contributed by atoms with E-state index in [9.17, 15) is 5.11 Å². The summed E-state index contributed by atoms with van der Waals surface area (Å²) in [6, 6.07) is 7.22. The van der Waals surface area contributed by atoms with Crippen LogP contribution in [0, 0.1) is 6.92 Å². The zero-order valence-electron chi connectivity index (χ0n) is 7.62. The van der Waals surface area contributed by atoms with Gasteiger partial charge in [-0.1, -0.05) is 0 Å². The third-order valence-electron chi connectivity index (χ3n) is 2.08. The van der Waals surface area contributed by atoms with E-state index in [0.717, 1.165) is 21.4 Å². The summed E-state index contributed by atoms with van der Waals surface area (Å²) in [5.74, 6) is 1.09. The first-order valence-corrected chi connectivity index (χ1v) is 5.01. The van der Waals surface area contributed by atoms with Crippen LogP contribution in [0.4, 0.5) is 0 Å². The van der Waals surface area contributed by atoms with Crippen LogP contribution in [-0.2, 0) is 0 Å². The summed E-state index contributed by atoms with van der Waals surface area (Å²) in [7, 11) is 0. The zero-order chi connectivity index (χ0) is 10.1. The summed E-state index contributed by atoms with van der Waals surface area (Å²) < 4.78 is 6.24. The van der Waals surface area contributed by atoms with E-state index in [0.29, 0.717) is 5.75 Å². The first-order chi connectivity index (χ1) is 6.68. The van der Waals surface area contributed by atoms with Crippen LogP contribution in [0.1, 0.15) is 5.56 Å². The van der Waals surface area contributed by atoms with Crippen molar-refractivity contribution in [3.63, 3.8) is 0 Å². The van der Waals surface area contributed by atoms with Gasteiger partial charge in [0.15, 0.2) is 0 Å². The first kappa shape index (κ1) is 9.34.